The predicted molar refractivity (Wildman–Crippen MR) is 131 cm³/mol. The third-order valence-electron chi connectivity index (χ3n) is 6.48. The third-order valence-corrected chi connectivity index (χ3v) is 6.48. The van der Waals surface area contributed by atoms with Crippen molar-refractivity contribution in [3.63, 3.8) is 0 Å². The molecule has 36 heavy (non-hydrogen) atoms. The maximum absolute atomic E-state index is 13.4. The summed E-state index contributed by atoms with van der Waals surface area (Å²) in [4.78, 5) is 40.3. The van der Waals surface area contributed by atoms with Crippen molar-refractivity contribution in [3.05, 3.63) is 71.3 Å². The quantitative estimate of drug-likeness (QED) is 0.490. The normalized spacial score (nSPS) is 16.5. The fourth-order valence-electron chi connectivity index (χ4n) is 4.54. The van der Waals surface area contributed by atoms with Crippen molar-refractivity contribution in [3.8, 4) is 0 Å². The van der Waals surface area contributed by atoms with Gasteiger partial charge in [-0.2, -0.15) is 0 Å². The lowest BCUT2D eigenvalue weighted by atomic mass is 9.93. The number of likely N-dealkylation sites (N-methyl/N-ethyl adjacent to an activating group) is 1. The number of amides is 3. The van der Waals surface area contributed by atoms with E-state index in [1.807, 2.05) is 6.07 Å². The number of carbonyl (C=O) groups excluding carboxylic acids is 3. The van der Waals surface area contributed by atoms with Gasteiger partial charge in [-0.05, 0) is 43.0 Å². The fourth-order valence-corrected chi connectivity index (χ4v) is 4.54. The van der Waals surface area contributed by atoms with Gasteiger partial charge in [0, 0.05) is 31.6 Å². The van der Waals surface area contributed by atoms with E-state index in [1.54, 1.807) is 43.1 Å². The number of nitrogens with one attached hydrogen (secondary N) is 2. The van der Waals surface area contributed by atoms with Crippen LogP contribution in [-0.4, -0.2) is 46.9 Å². The van der Waals surface area contributed by atoms with Crippen molar-refractivity contribution in [1.82, 2.24) is 15.5 Å². The molecule has 0 unspecified atom stereocenters. The number of hydrogen-bond donors (Lipinski definition) is 3. The second-order valence-corrected chi connectivity index (χ2v) is 9.37. The van der Waals surface area contributed by atoms with Crippen molar-refractivity contribution in [2.24, 2.45) is 0 Å². The number of hydrogen-bond acceptors (Lipinski definition) is 4. The molecule has 7 nitrogen and oxygen atoms in total. The van der Waals surface area contributed by atoms with Gasteiger partial charge >= 0.3 is 0 Å². The van der Waals surface area contributed by atoms with Gasteiger partial charge < -0.3 is 20.6 Å². The minimum absolute atomic E-state index is 0.127. The molecular formula is C27H33F2N3O4. The van der Waals surface area contributed by atoms with E-state index >= 15 is 0 Å². The smallest absolute Gasteiger partial charge is 0.253 e. The molecule has 3 amide bonds. The highest BCUT2D eigenvalue weighted by Crippen LogP contribution is 2.25. The van der Waals surface area contributed by atoms with Crippen LogP contribution < -0.4 is 10.6 Å². The molecule has 2 aromatic carbocycles. The first-order chi connectivity index (χ1) is 17.2. The van der Waals surface area contributed by atoms with E-state index in [1.165, 1.54) is 0 Å². The maximum atomic E-state index is 13.4. The summed E-state index contributed by atoms with van der Waals surface area (Å²) >= 11 is 0. The summed E-state index contributed by atoms with van der Waals surface area (Å²) in [7, 11) is 1.76. The van der Waals surface area contributed by atoms with Gasteiger partial charge in [-0.25, -0.2) is 8.78 Å². The fraction of sp³-hybridized carbons (Fsp3) is 0.444. The molecule has 194 valence electrons. The lowest BCUT2D eigenvalue weighted by Crippen LogP contribution is -2.47. The molecule has 3 N–H and O–H groups in total. The molecular weight excluding hydrogens is 468 g/mol. The van der Waals surface area contributed by atoms with Crippen LogP contribution in [0.4, 0.5) is 8.78 Å². The topological polar surface area (TPSA) is 98.7 Å². The third kappa shape index (κ3) is 7.34. The second-order valence-electron chi connectivity index (χ2n) is 9.37. The number of aliphatic hydroxyl groups excluding tert-OH is 1. The van der Waals surface area contributed by atoms with E-state index in [-0.39, 0.29) is 23.9 Å². The van der Waals surface area contributed by atoms with Crippen molar-refractivity contribution < 1.29 is 28.3 Å². The molecule has 1 aliphatic rings. The van der Waals surface area contributed by atoms with Crippen molar-refractivity contribution in [1.29, 1.82) is 0 Å². The van der Waals surface area contributed by atoms with Gasteiger partial charge in [-0.1, -0.05) is 49.6 Å². The molecule has 0 aromatic heterocycles. The van der Waals surface area contributed by atoms with E-state index < -0.39 is 41.6 Å². The summed E-state index contributed by atoms with van der Waals surface area (Å²) in [6.45, 7) is 1.56. The zero-order valence-corrected chi connectivity index (χ0v) is 20.5. The molecule has 1 fully saturated rings. The molecule has 3 atom stereocenters. The molecule has 2 aromatic rings. The Labute approximate surface area is 209 Å². The molecule has 0 aliphatic heterocycles. The van der Waals surface area contributed by atoms with Crippen LogP contribution in [0.3, 0.4) is 0 Å². The van der Waals surface area contributed by atoms with Gasteiger partial charge in [0.1, 0.15) is 17.7 Å². The summed E-state index contributed by atoms with van der Waals surface area (Å²) in [5, 5.41) is 15.4. The summed E-state index contributed by atoms with van der Waals surface area (Å²) in [5.74, 6) is -3.40. The lowest BCUT2D eigenvalue weighted by molar-refractivity contribution is -0.138. The zero-order valence-electron chi connectivity index (χ0n) is 20.5. The van der Waals surface area contributed by atoms with Crippen molar-refractivity contribution >= 4 is 17.7 Å². The Morgan fingerprint density at radius 3 is 2.19 bits per heavy atom. The SMILES string of the molecule is C[C@@H](CC(=O)N[C@H](C(=O)N(C)C1CCCCC1)c1ccccc1)NC(=O)[C@@H](O)c1cc(F)cc(F)c1. The van der Waals surface area contributed by atoms with Gasteiger partial charge in [0.25, 0.3) is 5.91 Å². The summed E-state index contributed by atoms with van der Waals surface area (Å²) in [6.07, 6.45) is 3.18. The van der Waals surface area contributed by atoms with Gasteiger partial charge in [0.05, 0.1) is 0 Å². The average molecular weight is 502 g/mol. The summed E-state index contributed by atoms with van der Waals surface area (Å²) < 4.78 is 26.8. The molecule has 1 saturated carbocycles. The van der Waals surface area contributed by atoms with E-state index in [0.717, 1.165) is 44.2 Å². The Balaban J connectivity index is 1.63. The molecule has 0 saturated heterocycles. The minimum Gasteiger partial charge on any atom is -0.378 e. The summed E-state index contributed by atoms with van der Waals surface area (Å²) in [6, 6.07) is 9.86. The van der Waals surface area contributed by atoms with Crippen LogP contribution in [0.5, 0.6) is 0 Å². The highest BCUT2D eigenvalue weighted by molar-refractivity contribution is 5.89. The van der Waals surface area contributed by atoms with Gasteiger partial charge in [-0.15, -0.1) is 0 Å². The first-order valence-electron chi connectivity index (χ1n) is 12.2. The van der Waals surface area contributed by atoms with Gasteiger partial charge in [-0.3, -0.25) is 14.4 Å². The Morgan fingerprint density at radius 2 is 1.58 bits per heavy atom. The predicted octanol–water partition coefficient (Wildman–Crippen LogP) is 3.54. The van der Waals surface area contributed by atoms with Crippen molar-refractivity contribution in [2.45, 2.75) is 69.7 Å². The van der Waals surface area contributed by atoms with Crippen LogP contribution in [0, 0.1) is 11.6 Å². The Bertz CT molecular complexity index is 1040. The van der Waals surface area contributed by atoms with Gasteiger partial charge in [0.2, 0.25) is 11.8 Å². The number of aliphatic hydroxyl groups is 1. The highest BCUT2D eigenvalue weighted by atomic mass is 19.1. The standard InChI is InChI=1S/C27H33F2N3O4/c1-17(30-26(35)25(34)19-14-20(28)16-21(29)15-19)13-23(33)31-24(18-9-5-3-6-10-18)27(36)32(2)22-11-7-4-8-12-22/h3,5-6,9-10,14-17,22,24-25,34H,4,7-8,11-13H2,1-2H3,(H,30,35)(H,31,33)/t17-,24-,25-/m0/s1. The van der Waals surface area contributed by atoms with E-state index in [2.05, 4.69) is 10.6 Å². The Morgan fingerprint density at radius 1 is 0.972 bits per heavy atom. The molecule has 0 radical (unpaired) electrons. The number of benzene rings is 2. The first-order valence-corrected chi connectivity index (χ1v) is 12.2. The lowest BCUT2D eigenvalue weighted by Gasteiger charge is -2.34. The molecule has 0 bridgehead atoms. The van der Waals surface area contributed by atoms with Gasteiger partial charge in [0.15, 0.2) is 6.10 Å². The van der Waals surface area contributed by atoms with Crippen LogP contribution in [0.25, 0.3) is 0 Å². The van der Waals surface area contributed by atoms with Crippen LogP contribution in [-0.2, 0) is 14.4 Å². The van der Waals surface area contributed by atoms with E-state index in [4.69, 9.17) is 0 Å². The van der Waals surface area contributed by atoms with E-state index in [9.17, 15) is 28.3 Å². The van der Waals surface area contributed by atoms with Crippen LogP contribution in [0.15, 0.2) is 48.5 Å². The number of carbonyl (C=O) groups is 3. The molecule has 9 heteroatoms. The monoisotopic (exact) mass is 501 g/mol. The first kappa shape index (κ1) is 27.3. The van der Waals surface area contributed by atoms with Crippen LogP contribution >= 0.6 is 0 Å². The largest absolute Gasteiger partial charge is 0.378 e. The average Bonchev–Trinajstić information content (AvgIpc) is 2.86. The number of nitrogens with zero attached hydrogens (tertiary/aromatic N) is 1. The number of halogens is 2. The van der Waals surface area contributed by atoms with Crippen LogP contribution in [0.2, 0.25) is 0 Å². The Hall–Kier alpha value is -3.33. The summed E-state index contributed by atoms with van der Waals surface area (Å²) in [5.41, 5.74) is 0.417. The highest BCUT2D eigenvalue weighted by Gasteiger charge is 2.31. The second kappa shape index (κ2) is 12.6. The molecule has 1 aliphatic carbocycles. The van der Waals surface area contributed by atoms with Crippen LogP contribution in [0.1, 0.15) is 68.7 Å². The molecule has 3 rings (SSSR count). The number of rotatable bonds is 9. The molecule has 0 spiro atoms. The maximum Gasteiger partial charge on any atom is 0.253 e. The van der Waals surface area contributed by atoms with E-state index in [0.29, 0.717) is 11.6 Å². The zero-order chi connectivity index (χ0) is 26.2. The Kier molecular flexibility index (Phi) is 9.52. The molecule has 0 heterocycles. The van der Waals surface area contributed by atoms with Crippen molar-refractivity contribution in [2.75, 3.05) is 7.05 Å². The minimum atomic E-state index is -1.80.